The standard InChI is InChI=1S/C20H29N3O2.ClH/c24-19(11-6-9-17-7-2-1-3-8-17)22-13-15-23(16-14-22)20(25)18-10-4-5-12-21-18;/h1-3,7-8,18,21H,4-6,9-16H2;1H. The summed E-state index contributed by atoms with van der Waals surface area (Å²) in [6, 6.07) is 10.3. The van der Waals surface area contributed by atoms with E-state index in [4.69, 9.17) is 0 Å². The number of aryl methyl sites for hydroxylation is 1. The molecule has 2 aliphatic heterocycles. The number of carbonyl (C=O) groups is 2. The van der Waals surface area contributed by atoms with Crippen molar-refractivity contribution < 1.29 is 9.59 Å². The fourth-order valence-corrected chi connectivity index (χ4v) is 3.71. The minimum atomic E-state index is -0.0122. The van der Waals surface area contributed by atoms with E-state index in [0.29, 0.717) is 32.6 Å². The molecule has 0 aromatic heterocycles. The van der Waals surface area contributed by atoms with E-state index in [1.807, 2.05) is 28.0 Å². The summed E-state index contributed by atoms with van der Waals surface area (Å²) in [5.41, 5.74) is 1.28. The molecule has 0 bridgehead atoms. The Morgan fingerprint density at radius 2 is 1.69 bits per heavy atom. The van der Waals surface area contributed by atoms with Crippen molar-refractivity contribution in [3.63, 3.8) is 0 Å². The minimum Gasteiger partial charge on any atom is -0.339 e. The Hall–Kier alpha value is -1.59. The minimum absolute atomic E-state index is 0. The second-order valence-electron chi connectivity index (χ2n) is 7.05. The van der Waals surface area contributed by atoms with Gasteiger partial charge in [-0.2, -0.15) is 0 Å². The topological polar surface area (TPSA) is 52.7 Å². The smallest absolute Gasteiger partial charge is 0.239 e. The summed E-state index contributed by atoms with van der Waals surface area (Å²) >= 11 is 0. The zero-order chi connectivity index (χ0) is 17.5. The second-order valence-corrected chi connectivity index (χ2v) is 7.05. The molecular formula is C20H30ClN3O2. The molecule has 6 heteroatoms. The number of piperazine rings is 1. The van der Waals surface area contributed by atoms with Crippen LogP contribution in [-0.4, -0.2) is 60.4 Å². The van der Waals surface area contributed by atoms with Gasteiger partial charge in [-0.15, -0.1) is 12.4 Å². The second kappa shape index (κ2) is 10.5. The van der Waals surface area contributed by atoms with E-state index in [2.05, 4.69) is 17.4 Å². The Bertz CT molecular complexity index is 568. The number of carbonyl (C=O) groups excluding carboxylic acids is 2. The summed E-state index contributed by atoms with van der Waals surface area (Å²) in [4.78, 5) is 28.7. The third-order valence-corrected chi connectivity index (χ3v) is 5.25. The van der Waals surface area contributed by atoms with Gasteiger partial charge in [0.25, 0.3) is 0 Å². The van der Waals surface area contributed by atoms with Gasteiger partial charge in [0, 0.05) is 32.6 Å². The number of amides is 2. The van der Waals surface area contributed by atoms with Crippen LogP contribution < -0.4 is 5.32 Å². The van der Waals surface area contributed by atoms with Crippen LogP contribution in [0.25, 0.3) is 0 Å². The lowest BCUT2D eigenvalue weighted by molar-refractivity contribution is -0.141. The summed E-state index contributed by atoms with van der Waals surface area (Å²) in [6.07, 6.45) is 5.65. The van der Waals surface area contributed by atoms with Crippen LogP contribution in [0.3, 0.4) is 0 Å². The average Bonchev–Trinajstić information content (AvgIpc) is 2.69. The van der Waals surface area contributed by atoms with Crippen molar-refractivity contribution in [3.05, 3.63) is 35.9 Å². The molecule has 3 rings (SSSR count). The lowest BCUT2D eigenvalue weighted by atomic mass is 10.0. The molecule has 0 radical (unpaired) electrons. The molecule has 1 unspecified atom stereocenters. The molecule has 26 heavy (non-hydrogen) atoms. The van der Waals surface area contributed by atoms with Gasteiger partial charge in [-0.05, 0) is 37.8 Å². The number of nitrogens with one attached hydrogen (secondary N) is 1. The molecule has 2 amide bonds. The molecule has 2 saturated heterocycles. The predicted molar refractivity (Wildman–Crippen MR) is 105 cm³/mol. The van der Waals surface area contributed by atoms with Crippen molar-refractivity contribution in [2.24, 2.45) is 0 Å². The van der Waals surface area contributed by atoms with Crippen LogP contribution in [0.2, 0.25) is 0 Å². The van der Waals surface area contributed by atoms with Gasteiger partial charge < -0.3 is 15.1 Å². The van der Waals surface area contributed by atoms with Crippen molar-refractivity contribution in [2.45, 2.75) is 44.6 Å². The van der Waals surface area contributed by atoms with Crippen molar-refractivity contribution in [1.82, 2.24) is 15.1 Å². The largest absolute Gasteiger partial charge is 0.339 e. The highest BCUT2D eigenvalue weighted by Gasteiger charge is 2.29. The lowest BCUT2D eigenvalue weighted by Crippen LogP contribution is -2.55. The zero-order valence-electron chi connectivity index (χ0n) is 15.4. The highest BCUT2D eigenvalue weighted by atomic mass is 35.5. The third kappa shape index (κ3) is 5.71. The molecule has 144 valence electrons. The SMILES string of the molecule is Cl.O=C(CCCc1ccccc1)N1CCN(C(=O)C2CCCCN2)CC1. The molecule has 2 heterocycles. The Kier molecular flexibility index (Phi) is 8.39. The Labute approximate surface area is 162 Å². The molecule has 0 saturated carbocycles. The number of piperidine rings is 1. The maximum absolute atomic E-state index is 12.5. The summed E-state index contributed by atoms with van der Waals surface area (Å²) < 4.78 is 0. The van der Waals surface area contributed by atoms with Crippen LogP contribution >= 0.6 is 12.4 Å². The first-order valence-electron chi connectivity index (χ1n) is 9.58. The van der Waals surface area contributed by atoms with Gasteiger partial charge in [0.1, 0.15) is 0 Å². The predicted octanol–water partition coefficient (Wildman–Crippen LogP) is 2.24. The monoisotopic (exact) mass is 379 g/mol. The highest BCUT2D eigenvalue weighted by molar-refractivity contribution is 5.85. The number of hydrogen-bond acceptors (Lipinski definition) is 3. The normalized spacial score (nSPS) is 20.4. The van der Waals surface area contributed by atoms with Crippen molar-refractivity contribution in [2.75, 3.05) is 32.7 Å². The van der Waals surface area contributed by atoms with Gasteiger partial charge >= 0.3 is 0 Å². The van der Waals surface area contributed by atoms with Gasteiger partial charge in [-0.1, -0.05) is 36.8 Å². The fourth-order valence-electron chi connectivity index (χ4n) is 3.71. The van der Waals surface area contributed by atoms with Crippen LogP contribution in [0.15, 0.2) is 30.3 Å². The molecule has 5 nitrogen and oxygen atoms in total. The molecule has 2 aliphatic rings. The first kappa shape index (κ1) is 20.7. The van der Waals surface area contributed by atoms with E-state index >= 15 is 0 Å². The number of benzene rings is 1. The molecule has 1 N–H and O–H groups in total. The van der Waals surface area contributed by atoms with E-state index in [0.717, 1.165) is 38.6 Å². The molecule has 1 aromatic carbocycles. The van der Waals surface area contributed by atoms with E-state index < -0.39 is 0 Å². The Morgan fingerprint density at radius 1 is 1.00 bits per heavy atom. The fraction of sp³-hybridized carbons (Fsp3) is 0.600. The van der Waals surface area contributed by atoms with E-state index in [-0.39, 0.29) is 30.3 Å². The average molecular weight is 380 g/mol. The Balaban J connectivity index is 0.00000243. The van der Waals surface area contributed by atoms with Crippen LogP contribution in [-0.2, 0) is 16.0 Å². The summed E-state index contributed by atoms with van der Waals surface area (Å²) in [7, 11) is 0. The highest BCUT2D eigenvalue weighted by Crippen LogP contribution is 2.13. The molecule has 2 fully saturated rings. The number of rotatable bonds is 5. The maximum atomic E-state index is 12.5. The van der Waals surface area contributed by atoms with Crippen molar-refractivity contribution >= 4 is 24.2 Å². The van der Waals surface area contributed by atoms with Gasteiger partial charge in [0.2, 0.25) is 11.8 Å². The van der Waals surface area contributed by atoms with E-state index in [1.165, 1.54) is 5.56 Å². The number of nitrogens with zero attached hydrogens (tertiary/aromatic N) is 2. The van der Waals surface area contributed by atoms with Gasteiger partial charge in [-0.3, -0.25) is 9.59 Å². The first-order valence-corrected chi connectivity index (χ1v) is 9.58. The van der Waals surface area contributed by atoms with Crippen LogP contribution in [0.1, 0.15) is 37.7 Å². The van der Waals surface area contributed by atoms with Gasteiger partial charge in [0.15, 0.2) is 0 Å². The molecule has 1 aromatic rings. The van der Waals surface area contributed by atoms with Crippen molar-refractivity contribution in [1.29, 1.82) is 0 Å². The number of halogens is 1. The maximum Gasteiger partial charge on any atom is 0.239 e. The molecule has 1 atom stereocenters. The van der Waals surface area contributed by atoms with Crippen LogP contribution in [0.5, 0.6) is 0 Å². The summed E-state index contributed by atoms with van der Waals surface area (Å²) in [5.74, 6) is 0.440. The van der Waals surface area contributed by atoms with Gasteiger partial charge in [0.05, 0.1) is 6.04 Å². The lowest BCUT2D eigenvalue weighted by Gasteiger charge is -2.37. The quantitative estimate of drug-likeness (QED) is 0.853. The third-order valence-electron chi connectivity index (χ3n) is 5.25. The molecular weight excluding hydrogens is 350 g/mol. The Morgan fingerprint density at radius 3 is 2.35 bits per heavy atom. The van der Waals surface area contributed by atoms with Crippen LogP contribution in [0, 0.1) is 0 Å². The molecule has 0 aliphatic carbocycles. The van der Waals surface area contributed by atoms with E-state index in [9.17, 15) is 9.59 Å². The van der Waals surface area contributed by atoms with Crippen LogP contribution in [0.4, 0.5) is 0 Å². The number of hydrogen-bond donors (Lipinski definition) is 1. The summed E-state index contributed by atoms with van der Waals surface area (Å²) in [6.45, 7) is 3.62. The van der Waals surface area contributed by atoms with E-state index in [1.54, 1.807) is 0 Å². The van der Waals surface area contributed by atoms with Crippen molar-refractivity contribution in [3.8, 4) is 0 Å². The first-order chi connectivity index (χ1) is 12.2. The molecule has 0 spiro atoms. The summed E-state index contributed by atoms with van der Waals surface area (Å²) in [5, 5.41) is 3.32. The van der Waals surface area contributed by atoms with Gasteiger partial charge in [-0.25, -0.2) is 0 Å². The zero-order valence-corrected chi connectivity index (χ0v) is 16.2.